The first kappa shape index (κ1) is 21.4. The summed E-state index contributed by atoms with van der Waals surface area (Å²) in [5.41, 5.74) is 1.19. The van der Waals surface area contributed by atoms with Crippen LogP contribution in [0.25, 0.3) is 5.57 Å². The minimum Gasteiger partial charge on any atom is -0.497 e. The highest BCUT2D eigenvalue weighted by atomic mass is 32.1. The van der Waals surface area contributed by atoms with Crippen LogP contribution in [0.15, 0.2) is 41.4 Å². The Morgan fingerprint density at radius 2 is 1.87 bits per heavy atom. The molecule has 2 aliphatic heterocycles. The molecule has 1 saturated heterocycles. The monoisotopic (exact) mass is 443 g/mol. The molecule has 1 aromatic carbocycles. The second-order valence-electron chi connectivity index (χ2n) is 7.13. The van der Waals surface area contributed by atoms with Gasteiger partial charge in [-0.2, -0.15) is 0 Å². The zero-order valence-electron chi connectivity index (χ0n) is 17.6. The number of imide groups is 1. The van der Waals surface area contributed by atoms with E-state index in [1.165, 1.54) is 16.2 Å². The molecule has 9 heteroatoms. The Morgan fingerprint density at radius 1 is 1.06 bits per heavy atom. The largest absolute Gasteiger partial charge is 0.497 e. The second-order valence-corrected chi connectivity index (χ2v) is 8.08. The molecule has 8 nitrogen and oxygen atoms in total. The maximum atomic E-state index is 13.3. The van der Waals surface area contributed by atoms with Gasteiger partial charge < -0.3 is 19.5 Å². The number of carbonyl (C=O) groups excluding carboxylic acids is 2. The smallest absolute Gasteiger partial charge is 0.278 e. The summed E-state index contributed by atoms with van der Waals surface area (Å²) in [5.74, 6) is 0.532. The van der Waals surface area contributed by atoms with Crippen molar-refractivity contribution in [3.05, 3.63) is 46.3 Å². The molecule has 0 unspecified atom stereocenters. The van der Waals surface area contributed by atoms with Gasteiger partial charge in [0.1, 0.15) is 17.2 Å². The van der Waals surface area contributed by atoms with Crippen LogP contribution in [0.1, 0.15) is 4.88 Å². The molecule has 1 N–H and O–H groups in total. The molecule has 2 aliphatic rings. The Labute approximate surface area is 185 Å². The molecular formula is C22H25N3O5S. The van der Waals surface area contributed by atoms with Crippen molar-refractivity contribution in [3.8, 4) is 11.5 Å². The molecule has 1 fully saturated rings. The lowest BCUT2D eigenvalue weighted by Gasteiger charge is -2.28. The van der Waals surface area contributed by atoms with Crippen LogP contribution in [0.3, 0.4) is 0 Å². The fourth-order valence-electron chi connectivity index (χ4n) is 3.66. The molecule has 3 heterocycles. The summed E-state index contributed by atoms with van der Waals surface area (Å²) < 4.78 is 16.1. The molecule has 4 rings (SSSR count). The minimum atomic E-state index is -0.341. The highest BCUT2D eigenvalue weighted by Crippen LogP contribution is 2.36. The molecule has 0 bridgehead atoms. The van der Waals surface area contributed by atoms with Crippen molar-refractivity contribution in [2.75, 3.05) is 58.9 Å². The molecule has 0 spiro atoms. The topological polar surface area (TPSA) is 80.3 Å². The molecule has 2 amide bonds. The normalized spacial score (nSPS) is 17.4. The van der Waals surface area contributed by atoms with Gasteiger partial charge in [0, 0.05) is 37.1 Å². The van der Waals surface area contributed by atoms with Gasteiger partial charge in [-0.15, -0.1) is 11.3 Å². The average Bonchev–Trinajstić information content (AvgIpc) is 3.40. The predicted octanol–water partition coefficient (Wildman–Crippen LogP) is 2.29. The third-order valence-corrected chi connectivity index (χ3v) is 6.23. The van der Waals surface area contributed by atoms with E-state index >= 15 is 0 Å². The van der Waals surface area contributed by atoms with Crippen LogP contribution in [0.5, 0.6) is 11.5 Å². The Balaban J connectivity index is 1.63. The lowest BCUT2D eigenvalue weighted by molar-refractivity contribution is -0.137. The fraction of sp³-hybridized carbons (Fsp3) is 0.364. The summed E-state index contributed by atoms with van der Waals surface area (Å²) in [5, 5.41) is 5.05. The van der Waals surface area contributed by atoms with Crippen molar-refractivity contribution in [2.45, 2.75) is 0 Å². The summed E-state index contributed by atoms with van der Waals surface area (Å²) >= 11 is 1.43. The number of rotatable bonds is 8. The van der Waals surface area contributed by atoms with Crippen LogP contribution in [0, 0.1) is 0 Å². The maximum Gasteiger partial charge on any atom is 0.278 e. The summed E-state index contributed by atoms with van der Waals surface area (Å²) in [6.07, 6.45) is 0. The van der Waals surface area contributed by atoms with Gasteiger partial charge in [-0.25, -0.2) is 0 Å². The van der Waals surface area contributed by atoms with E-state index in [0.29, 0.717) is 49.1 Å². The third-order valence-electron chi connectivity index (χ3n) is 5.35. The molecule has 2 aromatic rings. The number of anilines is 1. The number of nitrogens with zero attached hydrogens (tertiary/aromatic N) is 2. The summed E-state index contributed by atoms with van der Waals surface area (Å²) in [7, 11) is 3.12. The van der Waals surface area contributed by atoms with Gasteiger partial charge in [0.25, 0.3) is 11.8 Å². The van der Waals surface area contributed by atoms with Gasteiger partial charge in [-0.05, 0) is 23.6 Å². The summed E-state index contributed by atoms with van der Waals surface area (Å²) in [6, 6.07) is 8.98. The van der Waals surface area contributed by atoms with Crippen LogP contribution in [-0.2, 0) is 14.3 Å². The van der Waals surface area contributed by atoms with Crippen LogP contribution < -0.4 is 14.8 Å². The van der Waals surface area contributed by atoms with Crippen molar-refractivity contribution in [2.24, 2.45) is 0 Å². The van der Waals surface area contributed by atoms with Crippen LogP contribution in [0.2, 0.25) is 0 Å². The Bertz CT molecular complexity index is 983. The van der Waals surface area contributed by atoms with Gasteiger partial charge in [0.05, 0.1) is 38.7 Å². The Morgan fingerprint density at radius 3 is 2.55 bits per heavy atom. The van der Waals surface area contributed by atoms with E-state index in [4.69, 9.17) is 14.2 Å². The van der Waals surface area contributed by atoms with Crippen LogP contribution in [0.4, 0.5) is 5.69 Å². The number of hydrogen-bond donors (Lipinski definition) is 1. The first-order valence-corrected chi connectivity index (χ1v) is 10.9. The number of amides is 2. The molecular weight excluding hydrogens is 418 g/mol. The van der Waals surface area contributed by atoms with Gasteiger partial charge >= 0.3 is 0 Å². The third kappa shape index (κ3) is 4.43. The van der Waals surface area contributed by atoms with Gasteiger partial charge in [0.15, 0.2) is 0 Å². The van der Waals surface area contributed by atoms with Crippen molar-refractivity contribution >= 4 is 34.4 Å². The Hall–Kier alpha value is -2.88. The number of ether oxygens (including phenoxy) is 3. The van der Waals surface area contributed by atoms with E-state index in [9.17, 15) is 9.59 Å². The summed E-state index contributed by atoms with van der Waals surface area (Å²) in [4.78, 5) is 30.9. The number of morpholine rings is 1. The van der Waals surface area contributed by atoms with Crippen LogP contribution in [-0.4, -0.2) is 75.2 Å². The molecule has 0 radical (unpaired) electrons. The van der Waals surface area contributed by atoms with E-state index in [-0.39, 0.29) is 17.5 Å². The van der Waals surface area contributed by atoms with Crippen molar-refractivity contribution in [1.29, 1.82) is 0 Å². The molecule has 31 heavy (non-hydrogen) atoms. The van der Waals surface area contributed by atoms with Crippen molar-refractivity contribution < 1.29 is 23.8 Å². The molecule has 0 saturated carbocycles. The van der Waals surface area contributed by atoms with E-state index in [0.717, 1.165) is 18.0 Å². The first-order valence-electron chi connectivity index (χ1n) is 10.1. The van der Waals surface area contributed by atoms with Gasteiger partial charge in [0.2, 0.25) is 0 Å². The zero-order valence-corrected chi connectivity index (χ0v) is 18.4. The fourth-order valence-corrected chi connectivity index (χ4v) is 4.43. The standard InChI is InChI=1S/C22H25N3O5S/c1-28-15-5-6-17(29-2)16(14-15)23-20-19(18-4-3-13-31-18)21(26)25(22(20)27)8-7-24-9-11-30-12-10-24/h3-6,13-14,23H,7-12H2,1-2H3. The number of hydrogen-bond acceptors (Lipinski definition) is 8. The highest BCUT2D eigenvalue weighted by Gasteiger charge is 2.40. The average molecular weight is 444 g/mol. The number of methoxy groups -OCH3 is 2. The zero-order chi connectivity index (χ0) is 21.8. The lowest BCUT2D eigenvalue weighted by Crippen LogP contribution is -2.43. The summed E-state index contributed by atoms with van der Waals surface area (Å²) in [6.45, 7) is 3.88. The van der Waals surface area contributed by atoms with E-state index in [1.54, 1.807) is 32.4 Å². The SMILES string of the molecule is COc1ccc(OC)c(NC2=C(c3cccs3)C(=O)N(CCN3CCOCC3)C2=O)c1. The molecule has 1 aromatic heterocycles. The highest BCUT2D eigenvalue weighted by molar-refractivity contribution is 7.11. The number of benzene rings is 1. The van der Waals surface area contributed by atoms with E-state index in [2.05, 4.69) is 10.2 Å². The number of carbonyl (C=O) groups is 2. The molecule has 0 atom stereocenters. The van der Waals surface area contributed by atoms with Gasteiger partial charge in [-0.1, -0.05) is 6.07 Å². The molecule has 0 aliphatic carbocycles. The van der Waals surface area contributed by atoms with Gasteiger partial charge in [-0.3, -0.25) is 19.4 Å². The maximum absolute atomic E-state index is 13.3. The van der Waals surface area contributed by atoms with Crippen LogP contribution >= 0.6 is 11.3 Å². The van der Waals surface area contributed by atoms with Crippen molar-refractivity contribution in [1.82, 2.24) is 9.80 Å². The van der Waals surface area contributed by atoms with E-state index < -0.39 is 0 Å². The van der Waals surface area contributed by atoms with E-state index in [1.807, 2.05) is 17.5 Å². The number of nitrogens with one attached hydrogen (secondary N) is 1. The quantitative estimate of drug-likeness (QED) is 0.627. The molecule has 164 valence electrons. The lowest BCUT2D eigenvalue weighted by atomic mass is 10.1. The number of thiophene rings is 1. The van der Waals surface area contributed by atoms with Crippen molar-refractivity contribution in [3.63, 3.8) is 0 Å². The minimum absolute atomic E-state index is 0.251. The predicted molar refractivity (Wildman–Crippen MR) is 118 cm³/mol. The Kier molecular flexibility index (Phi) is 6.55. The second kappa shape index (κ2) is 9.51. The first-order chi connectivity index (χ1) is 15.1.